The molecule has 0 fully saturated rings. The summed E-state index contributed by atoms with van der Waals surface area (Å²) in [4.78, 5) is 15.7. The van der Waals surface area contributed by atoms with Crippen LogP contribution in [-0.2, 0) is 4.79 Å². The molecule has 0 aliphatic carbocycles. The number of rotatable bonds is 6. The van der Waals surface area contributed by atoms with Crippen LogP contribution in [0.15, 0.2) is 11.6 Å². The standard InChI is InChI=1S/C10H16N2OS2/c1-3-4-6-14-8(2)9(13)12-10-11-5-7-15-10/h5,7-8H,3-4,6H2,1-2H3,(H,11,12,13). The van der Waals surface area contributed by atoms with Gasteiger partial charge in [0.15, 0.2) is 5.13 Å². The number of nitrogens with zero attached hydrogens (tertiary/aromatic N) is 1. The lowest BCUT2D eigenvalue weighted by Gasteiger charge is -2.09. The number of carbonyl (C=O) groups is 1. The van der Waals surface area contributed by atoms with Crippen LogP contribution in [0.3, 0.4) is 0 Å². The zero-order chi connectivity index (χ0) is 11.1. The van der Waals surface area contributed by atoms with Crippen LogP contribution >= 0.6 is 23.1 Å². The average molecular weight is 244 g/mol. The van der Waals surface area contributed by atoms with Gasteiger partial charge in [0, 0.05) is 11.6 Å². The maximum atomic E-state index is 11.6. The number of carbonyl (C=O) groups excluding carboxylic acids is 1. The second-order valence-corrected chi connectivity index (χ2v) is 5.54. The Morgan fingerprint density at radius 3 is 3.13 bits per heavy atom. The zero-order valence-corrected chi connectivity index (χ0v) is 10.7. The minimum atomic E-state index is 0.000417. The van der Waals surface area contributed by atoms with Crippen molar-refractivity contribution in [2.45, 2.75) is 31.9 Å². The van der Waals surface area contributed by atoms with Gasteiger partial charge in [-0.1, -0.05) is 13.3 Å². The van der Waals surface area contributed by atoms with Gasteiger partial charge in [-0.05, 0) is 19.1 Å². The molecule has 0 saturated carbocycles. The summed E-state index contributed by atoms with van der Waals surface area (Å²) in [6, 6.07) is 0. The van der Waals surface area contributed by atoms with Crippen molar-refractivity contribution in [3.05, 3.63) is 11.6 Å². The molecule has 1 rings (SSSR count). The minimum absolute atomic E-state index is 0.000417. The van der Waals surface area contributed by atoms with E-state index in [0.717, 1.165) is 5.75 Å². The lowest BCUT2D eigenvalue weighted by atomic mass is 10.4. The number of aromatic nitrogens is 1. The molecule has 1 aromatic heterocycles. The second-order valence-electron chi connectivity index (χ2n) is 3.19. The SMILES string of the molecule is CCCCSC(C)C(=O)Nc1nccs1. The average Bonchev–Trinajstić information content (AvgIpc) is 2.70. The molecule has 1 heterocycles. The van der Waals surface area contributed by atoms with Gasteiger partial charge in [0.1, 0.15) is 0 Å². The summed E-state index contributed by atoms with van der Waals surface area (Å²) in [6.07, 6.45) is 4.03. The zero-order valence-electron chi connectivity index (χ0n) is 9.03. The Bertz CT molecular complexity index is 288. The molecule has 0 aromatic carbocycles. The summed E-state index contributed by atoms with van der Waals surface area (Å²) < 4.78 is 0. The Morgan fingerprint density at radius 1 is 1.73 bits per heavy atom. The molecule has 0 radical (unpaired) electrons. The van der Waals surface area contributed by atoms with Crippen molar-refractivity contribution >= 4 is 34.1 Å². The predicted molar refractivity (Wildman–Crippen MR) is 67.6 cm³/mol. The summed E-state index contributed by atoms with van der Waals surface area (Å²) >= 11 is 3.14. The van der Waals surface area contributed by atoms with Crippen LogP contribution in [0.5, 0.6) is 0 Å². The highest BCUT2D eigenvalue weighted by Crippen LogP contribution is 2.16. The number of anilines is 1. The molecule has 0 saturated heterocycles. The number of thiazole rings is 1. The monoisotopic (exact) mass is 244 g/mol. The quantitative estimate of drug-likeness (QED) is 0.782. The van der Waals surface area contributed by atoms with E-state index in [1.54, 1.807) is 18.0 Å². The molecule has 0 spiro atoms. The summed E-state index contributed by atoms with van der Waals surface area (Å²) in [6.45, 7) is 4.09. The first-order chi connectivity index (χ1) is 7.24. The molecule has 0 aliphatic heterocycles. The smallest absolute Gasteiger partial charge is 0.238 e. The predicted octanol–water partition coefficient (Wildman–Crippen LogP) is 3.00. The highest BCUT2D eigenvalue weighted by atomic mass is 32.2. The van der Waals surface area contributed by atoms with E-state index in [4.69, 9.17) is 0 Å². The van der Waals surface area contributed by atoms with E-state index >= 15 is 0 Å². The fourth-order valence-corrected chi connectivity index (χ4v) is 2.52. The van der Waals surface area contributed by atoms with Crippen molar-refractivity contribution in [1.29, 1.82) is 0 Å². The van der Waals surface area contributed by atoms with Crippen LogP contribution in [0.4, 0.5) is 5.13 Å². The van der Waals surface area contributed by atoms with E-state index in [2.05, 4.69) is 17.2 Å². The molecule has 1 N–H and O–H groups in total. The summed E-state index contributed by atoms with van der Waals surface area (Å²) in [5, 5.41) is 5.33. The van der Waals surface area contributed by atoms with Crippen LogP contribution in [0.25, 0.3) is 0 Å². The Kier molecular flexibility index (Phi) is 5.71. The summed E-state index contributed by atoms with van der Waals surface area (Å²) in [7, 11) is 0. The second kappa shape index (κ2) is 6.85. The molecular weight excluding hydrogens is 228 g/mol. The van der Waals surface area contributed by atoms with E-state index in [9.17, 15) is 4.79 Å². The number of amides is 1. The first kappa shape index (κ1) is 12.5. The Morgan fingerprint density at radius 2 is 2.53 bits per heavy atom. The Balaban J connectivity index is 2.27. The van der Waals surface area contributed by atoms with Crippen LogP contribution in [0.1, 0.15) is 26.7 Å². The largest absolute Gasteiger partial charge is 0.301 e. The van der Waals surface area contributed by atoms with E-state index in [1.807, 2.05) is 12.3 Å². The van der Waals surface area contributed by atoms with Crippen LogP contribution in [-0.4, -0.2) is 21.9 Å². The lowest BCUT2D eigenvalue weighted by molar-refractivity contribution is -0.115. The Labute approximate surface area is 98.7 Å². The molecule has 5 heteroatoms. The fourth-order valence-electron chi connectivity index (χ4n) is 0.972. The third-order valence-electron chi connectivity index (χ3n) is 1.90. The molecule has 15 heavy (non-hydrogen) atoms. The van der Waals surface area contributed by atoms with Gasteiger partial charge in [0.05, 0.1) is 5.25 Å². The number of thioether (sulfide) groups is 1. The van der Waals surface area contributed by atoms with Gasteiger partial charge < -0.3 is 5.32 Å². The molecule has 1 unspecified atom stereocenters. The number of unbranched alkanes of at least 4 members (excludes halogenated alkanes) is 1. The first-order valence-corrected chi connectivity index (χ1v) is 6.99. The number of hydrogen-bond acceptors (Lipinski definition) is 4. The normalized spacial score (nSPS) is 12.4. The maximum Gasteiger partial charge on any atom is 0.238 e. The molecule has 1 amide bonds. The fraction of sp³-hybridized carbons (Fsp3) is 0.600. The van der Waals surface area contributed by atoms with Crippen molar-refractivity contribution in [1.82, 2.24) is 4.98 Å². The van der Waals surface area contributed by atoms with Crippen molar-refractivity contribution in [3.63, 3.8) is 0 Å². The van der Waals surface area contributed by atoms with Crippen LogP contribution in [0.2, 0.25) is 0 Å². The van der Waals surface area contributed by atoms with E-state index < -0.39 is 0 Å². The lowest BCUT2D eigenvalue weighted by Crippen LogP contribution is -2.22. The van der Waals surface area contributed by atoms with Gasteiger partial charge in [-0.3, -0.25) is 4.79 Å². The van der Waals surface area contributed by atoms with Gasteiger partial charge in [-0.2, -0.15) is 0 Å². The highest BCUT2D eigenvalue weighted by molar-refractivity contribution is 8.00. The highest BCUT2D eigenvalue weighted by Gasteiger charge is 2.13. The topological polar surface area (TPSA) is 42.0 Å². The third-order valence-corrected chi connectivity index (χ3v) is 3.82. The van der Waals surface area contributed by atoms with Gasteiger partial charge in [0.25, 0.3) is 0 Å². The molecule has 1 aromatic rings. The van der Waals surface area contributed by atoms with Gasteiger partial charge in [-0.15, -0.1) is 23.1 Å². The van der Waals surface area contributed by atoms with Crippen molar-refractivity contribution in [2.75, 3.05) is 11.1 Å². The van der Waals surface area contributed by atoms with Crippen molar-refractivity contribution < 1.29 is 4.79 Å². The van der Waals surface area contributed by atoms with Gasteiger partial charge >= 0.3 is 0 Å². The van der Waals surface area contributed by atoms with E-state index in [-0.39, 0.29) is 11.2 Å². The molecule has 0 bridgehead atoms. The van der Waals surface area contributed by atoms with Gasteiger partial charge in [-0.25, -0.2) is 4.98 Å². The first-order valence-electron chi connectivity index (χ1n) is 5.06. The van der Waals surface area contributed by atoms with E-state index in [0.29, 0.717) is 5.13 Å². The molecule has 0 aliphatic rings. The number of hydrogen-bond donors (Lipinski definition) is 1. The van der Waals surface area contributed by atoms with Crippen LogP contribution < -0.4 is 5.32 Å². The minimum Gasteiger partial charge on any atom is -0.301 e. The van der Waals surface area contributed by atoms with Gasteiger partial charge in [0.2, 0.25) is 5.91 Å². The van der Waals surface area contributed by atoms with Crippen molar-refractivity contribution in [2.24, 2.45) is 0 Å². The van der Waals surface area contributed by atoms with E-state index in [1.165, 1.54) is 24.2 Å². The third kappa shape index (κ3) is 4.66. The molecule has 1 atom stereocenters. The molecular formula is C10H16N2OS2. The maximum absolute atomic E-state index is 11.6. The van der Waals surface area contributed by atoms with Crippen molar-refractivity contribution in [3.8, 4) is 0 Å². The summed E-state index contributed by atoms with van der Waals surface area (Å²) in [5.74, 6) is 1.09. The Hall–Kier alpha value is -0.550. The summed E-state index contributed by atoms with van der Waals surface area (Å²) in [5.41, 5.74) is 0. The number of nitrogens with one attached hydrogen (secondary N) is 1. The molecule has 3 nitrogen and oxygen atoms in total. The molecule has 84 valence electrons. The van der Waals surface area contributed by atoms with Crippen LogP contribution in [0, 0.1) is 0 Å².